The van der Waals surface area contributed by atoms with Gasteiger partial charge in [-0.2, -0.15) is 0 Å². The van der Waals surface area contributed by atoms with Crippen LogP contribution in [0.2, 0.25) is 0 Å². The molecule has 3 aromatic rings. The van der Waals surface area contributed by atoms with Gasteiger partial charge >= 0.3 is 0 Å². The Bertz CT molecular complexity index is 950. The van der Waals surface area contributed by atoms with Gasteiger partial charge in [0.05, 0.1) is 22.9 Å². The maximum absolute atomic E-state index is 13.7. The molecule has 0 spiro atoms. The topological polar surface area (TPSA) is 64.0 Å². The molecule has 5 nitrogen and oxygen atoms in total. The molecular formula is C17H14FN3O2. The third-order valence-corrected chi connectivity index (χ3v) is 3.44. The molecule has 0 radical (unpaired) electrons. The highest BCUT2D eigenvalue weighted by Gasteiger charge is 2.10. The fourth-order valence-electron chi connectivity index (χ4n) is 2.28. The van der Waals surface area contributed by atoms with Crippen molar-refractivity contribution in [3.8, 4) is 0 Å². The lowest BCUT2D eigenvalue weighted by atomic mass is 10.2. The second-order valence-electron chi connectivity index (χ2n) is 5.23. The number of halogens is 1. The summed E-state index contributed by atoms with van der Waals surface area (Å²) in [4.78, 5) is 28.5. The van der Waals surface area contributed by atoms with Gasteiger partial charge in [0.2, 0.25) is 5.91 Å². The maximum atomic E-state index is 13.7. The van der Waals surface area contributed by atoms with Crippen molar-refractivity contribution in [2.45, 2.75) is 13.5 Å². The molecule has 2 aromatic carbocycles. The molecule has 1 heterocycles. The van der Waals surface area contributed by atoms with E-state index in [1.165, 1.54) is 23.0 Å². The Labute approximate surface area is 131 Å². The summed E-state index contributed by atoms with van der Waals surface area (Å²) in [6, 6.07) is 11.4. The van der Waals surface area contributed by atoms with E-state index in [0.29, 0.717) is 10.9 Å². The number of aryl methyl sites for hydroxylation is 1. The van der Waals surface area contributed by atoms with E-state index < -0.39 is 11.7 Å². The lowest BCUT2D eigenvalue weighted by Crippen LogP contribution is -2.28. The van der Waals surface area contributed by atoms with Gasteiger partial charge in [-0.25, -0.2) is 9.37 Å². The third-order valence-electron chi connectivity index (χ3n) is 3.44. The molecule has 0 aliphatic heterocycles. The summed E-state index contributed by atoms with van der Waals surface area (Å²) < 4.78 is 14.9. The minimum atomic E-state index is -0.512. The number of nitrogens with one attached hydrogen (secondary N) is 1. The van der Waals surface area contributed by atoms with Crippen molar-refractivity contribution in [3.05, 3.63) is 70.5 Å². The predicted octanol–water partition coefficient (Wildman–Crippen LogP) is 2.48. The maximum Gasteiger partial charge on any atom is 0.261 e. The van der Waals surface area contributed by atoms with Gasteiger partial charge in [-0.05, 0) is 36.8 Å². The molecule has 3 rings (SSSR count). The fraction of sp³-hybridized carbons (Fsp3) is 0.118. The van der Waals surface area contributed by atoms with Crippen molar-refractivity contribution in [2.24, 2.45) is 0 Å². The number of para-hydroxylation sites is 1. The number of carbonyl (C=O) groups excluding carboxylic acids is 1. The number of amides is 1. The number of benzene rings is 2. The van der Waals surface area contributed by atoms with Crippen LogP contribution in [0.1, 0.15) is 5.56 Å². The van der Waals surface area contributed by atoms with E-state index in [9.17, 15) is 14.0 Å². The summed E-state index contributed by atoms with van der Waals surface area (Å²) in [5, 5.41) is 2.89. The normalized spacial score (nSPS) is 10.7. The molecule has 116 valence electrons. The molecule has 1 N–H and O–H groups in total. The molecule has 0 atom stereocenters. The number of nitrogens with zero attached hydrogens (tertiary/aromatic N) is 2. The summed E-state index contributed by atoms with van der Waals surface area (Å²) in [5.41, 5.74) is 1.10. The Morgan fingerprint density at radius 3 is 2.83 bits per heavy atom. The van der Waals surface area contributed by atoms with Crippen LogP contribution >= 0.6 is 0 Å². The van der Waals surface area contributed by atoms with Crippen LogP contribution in [0.25, 0.3) is 10.9 Å². The summed E-state index contributed by atoms with van der Waals surface area (Å²) in [6.07, 6.45) is 1.32. The average molecular weight is 311 g/mol. The van der Waals surface area contributed by atoms with E-state index in [1.807, 2.05) is 0 Å². The first kappa shape index (κ1) is 14.9. The molecule has 6 heteroatoms. The van der Waals surface area contributed by atoms with Crippen LogP contribution in [-0.4, -0.2) is 15.5 Å². The first-order chi connectivity index (χ1) is 11.0. The molecule has 1 aromatic heterocycles. The van der Waals surface area contributed by atoms with E-state index in [-0.39, 0.29) is 17.8 Å². The second-order valence-corrected chi connectivity index (χ2v) is 5.23. The summed E-state index contributed by atoms with van der Waals surface area (Å²) in [7, 11) is 0. The SMILES string of the molecule is Cc1ccc(NC(=O)Cn2cnc3ccccc3c2=O)c(F)c1. The standard InChI is InChI=1S/C17H14FN3O2/c1-11-6-7-15(13(18)8-11)20-16(22)9-21-10-19-14-5-3-2-4-12(14)17(21)23/h2-8,10H,9H2,1H3,(H,20,22). The van der Waals surface area contributed by atoms with E-state index in [4.69, 9.17) is 0 Å². The highest BCUT2D eigenvalue weighted by atomic mass is 19.1. The zero-order valence-corrected chi connectivity index (χ0v) is 12.4. The van der Waals surface area contributed by atoms with E-state index in [0.717, 1.165) is 5.56 Å². The van der Waals surface area contributed by atoms with Crippen LogP contribution in [0.4, 0.5) is 10.1 Å². The van der Waals surface area contributed by atoms with Crippen molar-refractivity contribution in [1.29, 1.82) is 0 Å². The lowest BCUT2D eigenvalue weighted by Gasteiger charge is -2.09. The highest BCUT2D eigenvalue weighted by molar-refractivity contribution is 5.90. The van der Waals surface area contributed by atoms with Gasteiger partial charge in [0.1, 0.15) is 12.4 Å². The Kier molecular flexibility index (Phi) is 3.89. The minimum Gasteiger partial charge on any atom is -0.322 e. The first-order valence-corrected chi connectivity index (χ1v) is 7.05. The van der Waals surface area contributed by atoms with Crippen LogP contribution in [0.5, 0.6) is 0 Å². The Morgan fingerprint density at radius 2 is 2.04 bits per heavy atom. The second kappa shape index (κ2) is 6.00. The molecule has 0 fully saturated rings. The van der Waals surface area contributed by atoms with Gasteiger partial charge in [-0.15, -0.1) is 0 Å². The van der Waals surface area contributed by atoms with Crippen LogP contribution < -0.4 is 10.9 Å². The zero-order chi connectivity index (χ0) is 16.4. The van der Waals surface area contributed by atoms with Gasteiger partial charge in [0.25, 0.3) is 5.56 Å². The van der Waals surface area contributed by atoms with Gasteiger partial charge in [0.15, 0.2) is 0 Å². The fourth-order valence-corrected chi connectivity index (χ4v) is 2.28. The van der Waals surface area contributed by atoms with Gasteiger partial charge in [-0.3, -0.25) is 14.2 Å². The molecule has 0 saturated carbocycles. The van der Waals surface area contributed by atoms with Crippen LogP contribution in [0.3, 0.4) is 0 Å². The summed E-state index contributed by atoms with van der Waals surface area (Å²) in [5.74, 6) is -1.01. The number of aromatic nitrogens is 2. The van der Waals surface area contributed by atoms with Crippen molar-refractivity contribution in [2.75, 3.05) is 5.32 Å². The predicted molar refractivity (Wildman–Crippen MR) is 85.8 cm³/mol. The van der Waals surface area contributed by atoms with Crippen LogP contribution in [0, 0.1) is 12.7 Å². The van der Waals surface area contributed by atoms with Crippen molar-refractivity contribution in [1.82, 2.24) is 9.55 Å². The molecule has 0 aliphatic rings. The molecular weight excluding hydrogens is 297 g/mol. The average Bonchev–Trinajstić information content (AvgIpc) is 2.53. The van der Waals surface area contributed by atoms with E-state index >= 15 is 0 Å². The summed E-state index contributed by atoms with van der Waals surface area (Å²) in [6.45, 7) is 1.53. The molecule has 0 saturated heterocycles. The number of hydrogen-bond donors (Lipinski definition) is 1. The van der Waals surface area contributed by atoms with Crippen molar-refractivity contribution < 1.29 is 9.18 Å². The molecule has 0 aliphatic carbocycles. The smallest absolute Gasteiger partial charge is 0.261 e. The highest BCUT2D eigenvalue weighted by Crippen LogP contribution is 2.15. The van der Waals surface area contributed by atoms with E-state index in [1.54, 1.807) is 37.3 Å². The first-order valence-electron chi connectivity index (χ1n) is 7.05. The van der Waals surface area contributed by atoms with Crippen LogP contribution in [-0.2, 0) is 11.3 Å². The largest absolute Gasteiger partial charge is 0.322 e. The number of carbonyl (C=O) groups is 1. The molecule has 0 bridgehead atoms. The van der Waals surface area contributed by atoms with Crippen molar-refractivity contribution in [3.63, 3.8) is 0 Å². The number of rotatable bonds is 3. The lowest BCUT2D eigenvalue weighted by molar-refractivity contribution is -0.116. The quantitative estimate of drug-likeness (QED) is 0.808. The molecule has 0 unspecified atom stereocenters. The molecule has 23 heavy (non-hydrogen) atoms. The minimum absolute atomic E-state index is 0.0856. The Hall–Kier alpha value is -3.02. The van der Waals surface area contributed by atoms with Gasteiger partial charge in [-0.1, -0.05) is 18.2 Å². The zero-order valence-electron chi connectivity index (χ0n) is 12.4. The Morgan fingerprint density at radius 1 is 1.26 bits per heavy atom. The number of hydrogen-bond acceptors (Lipinski definition) is 3. The van der Waals surface area contributed by atoms with Gasteiger partial charge < -0.3 is 5.32 Å². The summed E-state index contributed by atoms with van der Waals surface area (Å²) >= 11 is 0. The number of anilines is 1. The molecule has 1 amide bonds. The van der Waals surface area contributed by atoms with Crippen molar-refractivity contribution >= 4 is 22.5 Å². The van der Waals surface area contributed by atoms with Crippen LogP contribution in [0.15, 0.2) is 53.6 Å². The van der Waals surface area contributed by atoms with E-state index in [2.05, 4.69) is 10.3 Å². The third kappa shape index (κ3) is 3.11. The number of fused-ring (bicyclic) bond motifs is 1. The van der Waals surface area contributed by atoms with Gasteiger partial charge in [0, 0.05) is 0 Å². The monoisotopic (exact) mass is 311 g/mol. The Balaban J connectivity index is 1.83.